The summed E-state index contributed by atoms with van der Waals surface area (Å²) < 4.78 is 0. The van der Waals surface area contributed by atoms with E-state index >= 15 is 0 Å². The SMILES string of the molecule is CSC1CCCC1NC(=O)C1(C(=O)O)CCC1. The van der Waals surface area contributed by atoms with Crippen molar-refractivity contribution in [1.82, 2.24) is 5.32 Å². The highest BCUT2D eigenvalue weighted by molar-refractivity contribution is 7.99. The second-order valence-electron chi connectivity index (χ2n) is 5.03. The van der Waals surface area contributed by atoms with Crippen LogP contribution in [-0.2, 0) is 9.59 Å². The van der Waals surface area contributed by atoms with Crippen molar-refractivity contribution in [2.45, 2.75) is 49.8 Å². The Hall–Kier alpha value is -0.710. The lowest BCUT2D eigenvalue weighted by Crippen LogP contribution is -2.54. The Kier molecular flexibility index (Phi) is 3.66. The number of nitrogens with one attached hydrogen (secondary N) is 1. The van der Waals surface area contributed by atoms with Crippen molar-refractivity contribution in [2.24, 2.45) is 5.41 Å². The van der Waals surface area contributed by atoms with Crippen molar-refractivity contribution in [2.75, 3.05) is 6.26 Å². The molecule has 2 atom stereocenters. The fraction of sp³-hybridized carbons (Fsp3) is 0.833. The zero-order valence-electron chi connectivity index (χ0n) is 10.1. The molecule has 2 unspecified atom stereocenters. The highest BCUT2D eigenvalue weighted by atomic mass is 32.2. The third kappa shape index (κ3) is 2.17. The fourth-order valence-corrected chi connectivity index (χ4v) is 3.68. The Labute approximate surface area is 106 Å². The van der Waals surface area contributed by atoms with Gasteiger partial charge in [-0.25, -0.2) is 0 Å². The first-order chi connectivity index (χ1) is 8.10. The van der Waals surface area contributed by atoms with E-state index in [1.54, 1.807) is 11.8 Å². The summed E-state index contributed by atoms with van der Waals surface area (Å²) in [6, 6.07) is 0.161. The molecule has 5 heteroatoms. The molecule has 0 radical (unpaired) electrons. The van der Waals surface area contributed by atoms with Crippen molar-refractivity contribution in [3.63, 3.8) is 0 Å². The van der Waals surface area contributed by atoms with Gasteiger partial charge >= 0.3 is 5.97 Å². The van der Waals surface area contributed by atoms with E-state index in [2.05, 4.69) is 5.32 Å². The summed E-state index contributed by atoms with van der Waals surface area (Å²) in [7, 11) is 0. The van der Waals surface area contributed by atoms with Crippen LogP contribution in [0.2, 0.25) is 0 Å². The Morgan fingerprint density at radius 1 is 1.29 bits per heavy atom. The minimum absolute atomic E-state index is 0.161. The summed E-state index contributed by atoms with van der Waals surface area (Å²) >= 11 is 1.76. The summed E-state index contributed by atoms with van der Waals surface area (Å²) in [6.07, 6.45) is 7.09. The van der Waals surface area contributed by atoms with Gasteiger partial charge in [-0.3, -0.25) is 9.59 Å². The van der Waals surface area contributed by atoms with Gasteiger partial charge in [0.15, 0.2) is 0 Å². The molecule has 96 valence electrons. The number of hydrogen-bond acceptors (Lipinski definition) is 3. The van der Waals surface area contributed by atoms with E-state index in [0.717, 1.165) is 25.7 Å². The van der Waals surface area contributed by atoms with Crippen molar-refractivity contribution in [3.8, 4) is 0 Å². The number of amides is 1. The molecule has 0 spiro atoms. The Bertz CT molecular complexity index is 328. The molecule has 2 fully saturated rings. The minimum atomic E-state index is -1.12. The summed E-state index contributed by atoms with van der Waals surface area (Å²) in [5.41, 5.74) is -1.12. The molecule has 0 heterocycles. The molecule has 0 bridgehead atoms. The van der Waals surface area contributed by atoms with Gasteiger partial charge < -0.3 is 10.4 Å². The second kappa shape index (κ2) is 4.88. The topological polar surface area (TPSA) is 66.4 Å². The van der Waals surface area contributed by atoms with E-state index in [-0.39, 0.29) is 11.9 Å². The first kappa shape index (κ1) is 12.7. The number of aliphatic carboxylic acids is 1. The predicted octanol–water partition coefficient (Wildman–Crippen LogP) is 1.64. The summed E-state index contributed by atoms with van der Waals surface area (Å²) in [5.74, 6) is -1.22. The molecular weight excluding hydrogens is 238 g/mol. The zero-order valence-corrected chi connectivity index (χ0v) is 10.9. The number of carboxylic acid groups (broad SMARTS) is 1. The molecule has 2 aliphatic carbocycles. The fourth-order valence-electron chi connectivity index (χ4n) is 2.75. The van der Waals surface area contributed by atoms with Crippen LogP contribution in [0.3, 0.4) is 0 Å². The lowest BCUT2D eigenvalue weighted by atomic mass is 9.68. The van der Waals surface area contributed by atoms with Gasteiger partial charge in [-0.15, -0.1) is 0 Å². The van der Waals surface area contributed by atoms with Crippen molar-refractivity contribution in [1.29, 1.82) is 0 Å². The van der Waals surface area contributed by atoms with E-state index in [0.29, 0.717) is 18.1 Å². The number of carbonyl (C=O) groups is 2. The van der Waals surface area contributed by atoms with Gasteiger partial charge in [0.2, 0.25) is 5.91 Å². The normalized spacial score (nSPS) is 30.6. The molecule has 2 aliphatic rings. The van der Waals surface area contributed by atoms with Crippen molar-refractivity contribution in [3.05, 3.63) is 0 Å². The van der Waals surface area contributed by atoms with E-state index in [1.807, 2.05) is 6.26 Å². The Morgan fingerprint density at radius 2 is 2.00 bits per heavy atom. The first-order valence-electron chi connectivity index (χ1n) is 6.17. The lowest BCUT2D eigenvalue weighted by molar-refractivity contribution is -0.162. The van der Waals surface area contributed by atoms with Crippen LogP contribution < -0.4 is 5.32 Å². The summed E-state index contributed by atoms with van der Waals surface area (Å²) in [5, 5.41) is 12.6. The second-order valence-corrected chi connectivity index (χ2v) is 6.10. The third-order valence-corrected chi connectivity index (χ3v) is 5.29. The van der Waals surface area contributed by atoms with Crippen LogP contribution in [0.15, 0.2) is 0 Å². The smallest absolute Gasteiger partial charge is 0.319 e. The predicted molar refractivity (Wildman–Crippen MR) is 67.0 cm³/mol. The molecule has 17 heavy (non-hydrogen) atoms. The molecular formula is C12H19NO3S. The molecule has 0 saturated heterocycles. The third-order valence-electron chi connectivity index (χ3n) is 4.12. The largest absolute Gasteiger partial charge is 0.480 e. The minimum Gasteiger partial charge on any atom is -0.480 e. The van der Waals surface area contributed by atoms with Crippen LogP contribution in [0, 0.1) is 5.41 Å². The molecule has 2 saturated carbocycles. The molecule has 4 nitrogen and oxygen atoms in total. The van der Waals surface area contributed by atoms with Crippen molar-refractivity contribution >= 4 is 23.6 Å². The average molecular weight is 257 g/mol. The maximum Gasteiger partial charge on any atom is 0.319 e. The van der Waals surface area contributed by atoms with Gasteiger partial charge in [-0.05, 0) is 31.9 Å². The highest BCUT2D eigenvalue weighted by Crippen LogP contribution is 2.42. The highest BCUT2D eigenvalue weighted by Gasteiger charge is 2.51. The van der Waals surface area contributed by atoms with Gasteiger partial charge in [-0.2, -0.15) is 11.8 Å². The molecule has 0 aromatic carbocycles. The Morgan fingerprint density at radius 3 is 2.47 bits per heavy atom. The number of carbonyl (C=O) groups excluding carboxylic acids is 1. The molecule has 0 aliphatic heterocycles. The number of thioether (sulfide) groups is 1. The molecule has 1 amide bonds. The lowest BCUT2D eigenvalue weighted by Gasteiger charge is -2.37. The van der Waals surface area contributed by atoms with Crippen LogP contribution in [0.5, 0.6) is 0 Å². The van der Waals surface area contributed by atoms with Gasteiger partial charge in [0.25, 0.3) is 0 Å². The molecule has 0 aromatic rings. The van der Waals surface area contributed by atoms with Crippen LogP contribution in [0.4, 0.5) is 0 Å². The van der Waals surface area contributed by atoms with Crippen LogP contribution in [0.25, 0.3) is 0 Å². The average Bonchev–Trinajstić information content (AvgIpc) is 2.62. The molecule has 0 aromatic heterocycles. The molecule has 2 rings (SSSR count). The summed E-state index contributed by atoms with van der Waals surface area (Å²) in [6.45, 7) is 0. The summed E-state index contributed by atoms with van der Waals surface area (Å²) in [4.78, 5) is 23.3. The van der Waals surface area contributed by atoms with Gasteiger partial charge in [0.05, 0.1) is 0 Å². The number of hydrogen-bond donors (Lipinski definition) is 2. The van der Waals surface area contributed by atoms with Crippen LogP contribution >= 0.6 is 11.8 Å². The van der Waals surface area contributed by atoms with E-state index in [9.17, 15) is 14.7 Å². The van der Waals surface area contributed by atoms with Crippen molar-refractivity contribution < 1.29 is 14.7 Å². The standard InChI is InChI=1S/C12H19NO3S/c1-17-9-5-2-4-8(9)13-10(14)12(11(15)16)6-3-7-12/h8-9H,2-7H2,1H3,(H,13,14)(H,15,16). The van der Waals surface area contributed by atoms with E-state index < -0.39 is 11.4 Å². The van der Waals surface area contributed by atoms with Gasteiger partial charge in [0.1, 0.15) is 5.41 Å². The molecule has 2 N–H and O–H groups in total. The van der Waals surface area contributed by atoms with Gasteiger partial charge in [0, 0.05) is 11.3 Å². The van der Waals surface area contributed by atoms with Gasteiger partial charge in [-0.1, -0.05) is 12.8 Å². The maximum absolute atomic E-state index is 12.1. The van der Waals surface area contributed by atoms with Crippen LogP contribution in [0.1, 0.15) is 38.5 Å². The number of rotatable bonds is 4. The van der Waals surface area contributed by atoms with E-state index in [4.69, 9.17) is 0 Å². The maximum atomic E-state index is 12.1. The Balaban J connectivity index is 1.99. The first-order valence-corrected chi connectivity index (χ1v) is 7.46. The van der Waals surface area contributed by atoms with Crippen LogP contribution in [-0.4, -0.2) is 34.5 Å². The number of carboxylic acids is 1. The quantitative estimate of drug-likeness (QED) is 0.751. The zero-order chi connectivity index (χ0) is 12.5. The monoisotopic (exact) mass is 257 g/mol. The van der Waals surface area contributed by atoms with E-state index in [1.165, 1.54) is 0 Å².